The fourth-order valence-electron chi connectivity index (χ4n) is 4.97. The molecule has 6 heteroatoms. The summed E-state index contributed by atoms with van der Waals surface area (Å²) in [6.45, 7) is 4.83. The second kappa shape index (κ2) is 7.86. The summed E-state index contributed by atoms with van der Waals surface area (Å²) in [5, 5.41) is 10.0. The largest absolute Gasteiger partial charge is 0.381 e. The molecule has 1 aromatic carbocycles. The van der Waals surface area contributed by atoms with Crippen molar-refractivity contribution >= 4 is 5.91 Å². The van der Waals surface area contributed by atoms with Crippen LogP contribution in [0.1, 0.15) is 37.7 Å². The number of benzene rings is 1. The molecule has 0 radical (unpaired) electrons. The Kier molecular flexibility index (Phi) is 5.48. The third kappa shape index (κ3) is 4.03. The van der Waals surface area contributed by atoms with Crippen molar-refractivity contribution in [3.63, 3.8) is 0 Å². The second-order valence-electron chi connectivity index (χ2n) is 8.51. The smallest absolute Gasteiger partial charge is 0.237 e. The van der Waals surface area contributed by atoms with Crippen molar-refractivity contribution in [2.75, 3.05) is 39.4 Å². The van der Waals surface area contributed by atoms with Crippen molar-refractivity contribution in [2.24, 2.45) is 5.41 Å². The molecular formula is C21H30FN3O2. The van der Waals surface area contributed by atoms with Crippen LogP contribution >= 0.6 is 0 Å². The molecule has 4 rings (SSSR count). The number of hydrogen-bond acceptors (Lipinski definition) is 4. The number of piperidine rings is 1. The molecule has 3 heterocycles. The lowest BCUT2D eigenvalue weighted by atomic mass is 9.74. The van der Waals surface area contributed by atoms with Crippen molar-refractivity contribution in [3.05, 3.63) is 35.6 Å². The van der Waals surface area contributed by atoms with Gasteiger partial charge in [0.25, 0.3) is 0 Å². The van der Waals surface area contributed by atoms with Crippen molar-refractivity contribution in [1.29, 1.82) is 0 Å². The van der Waals surface area contributed by atoms with E-state index in [-0.39, 0.29) is 28.6 Å². The maximum Gasteiger partial charge on any atom is 0.237 e. The summed E-state index contributed by atoms with van der Waals surface area (Å²) in [5.41, 5.74) is 0.980. The van der Waals surface area contributed by atoms with Gasteiger partial charge in [-0.3, -0.25) is 4.79 Å². The van der Waals surface area contributed by atoms with E-state index < -0.39 is 0 Å². The molecular weight excluding hydrogens is 345 g/mol. The number of halogens is 1. The molecule has 3 saturated heterocycles. The number of amides is 1. The second-order valence-corrected chi connectivity index (χ2v) is 8.51. The normalized spacial score (nSPS) is 26.8. The molecule has 1 atom stereocenters. The lowest BCUT2D eigenvalue weighted by Gasteiger charge is -2.38. The van der Waals surface area contributed by atoms with Gasteiger partial charge in [-0.25, -0.2) is 4.39 Å². The molecule has 1 spiro atoms. The van der Waals surface area contributed by atoms with Crippen LogP contribution in [0.2, 0.25) is 0 Å². The first-order valence-corrected chi connectivity index (χ1v) is 10.2. The van der Waals surface area contributed by atoms with Gasteiger partial charge in [-0.15, -0.1) is 0 Å². The van der Waals surface area contributed by atoms with E-state index in [1.165, 1.54) is 6.07 Å². The Bertz CT molecular complexity index is 669. The predicted octanol–water partition coefficient (Wildman–Crippen LogP) is 1.72. The Hall–Kier alpha value is -1.50. The quantitative estimate of drug-likeness (QED) is 0.750. The van der Waals surface area contributed by atoms with Crippen molar-refractivity contribution in [1.82, 2.24) is 16.0 Å². The zero-order valence-electron chi connectivity index (χ0n) is 15.9. The number of carbonyl (C=O) groups excluding carboxylic acids is 1. The topological polar surface area (TPSA) is 62.4 Å². The van der Waals surface area contributed by atoms with E-state index in [1.54, 1.807) is 12.1 Å². The third-order valence-electron chi connectivity index (χ3n) is 6.83. The molecule has 3 N–H and O–H groups in total. The monoisotopic (exact) mass is 375 g/mol. The van der Waals surface area contributed by atoms with Gasteiger partial charge in [0, 0.05) is 31.7 Å². The molecule has 0 bridgehead atoms. The summed E-state index contributed by atoms with van der Waals surface area (Å²) in [6.07, 6.45) is 4.77. The van der Waals surface area contributed by atoms with Gasteiger partial charge in [0.15, 0.2) is 0 Å². The van der Waals surface area contributed by atoms with E-state index in [2.05, 4.69) is 16.0 Å². The molecule has 3 fully saturated rings. The molecule has 3 aliphatic rings. The third-order valence-corrected chi connectivity index (χ3v) is 6.83. The molecule has 5 nitrogen and oxygen atoms in total. The first-order valence-electron chi connectivity index (χ1n) is 10.2. The standard InChI is InChI=1S/C21H30FN3O2/c22-17-3-1-2-16(12-17)21(6-10-27-11-7-21)15-25-19(26)18-13-20(14-24-18)4-8-23-9-5-20/h1-3,12,18,23-24H,4-11,13-15H2,(H,25,26)/t18-/m0/s1. The molecule has 148 valence electrons. The Balaban J connectivity index is 1.41. The summed E-state index contributed by atoms with van der Waals surface area (Å²) in [5.74, 6) is -0.150. The van der Waals surface area contributed by atoms with Crippen LogP contribution in [-0.4, -0.2) is 51.3 Å². The predicted molar refractivity (Wildman–Crippen MR) is 102 cm³/mol. The summed E-state index contributed by atoms with van der Waals surface area (Å²) >= 11 is 0. The van der Waals surface area contributed by atoms with Crippen molar-refractivity contribution in [3.8, 4) is 0 Å². The van der Waals surface area contributed by atoms with E-state index >= 15 is 0 Å². The number of rotatable bonds is 4. The Morgan fingerprint density at radius 1 is 1.22 bits per heavy atom. The van der Waals surface area contributed by atoms with Crippen LogP contribution < -0.4 is 16.0 Å². The SMILES string of the molecule is O=C(NCC1(c2cccc(F)c2)CCOCC1)[C@@H]1CC2(CCNCC2)CN1. The van der Waals surface area contributed by atoms with Crippen molar-refractivity contribution < 1.29 is 13.9 Å². The number of carbonyl (C=O) groups is 1. The van der Waals surface area contributed by atoms with Crippen LogP contribution in [0.3, 0.4) is 0 Å². The maximum atomic E-state index is 13.8. The van der Waals surface area contributed by atoms with E-state index in [4.69, 9.17) is 4.74 Å². The molecule has 0 aliphatic carbocycles. The van der Waals surface area contributed by atoms with E-state index in [0.717, 1.165) is 57.3 Å². The van der Waals surface area contributed by atoms with Gasteiger partial charge < -0.3 is 20.7 Å². The lowest BCUT2D eigenvalue weighted by Crippen LogP contribution is -2.48. The fourth-order valence-corrected chi connectivity index (χ4v) is 4.97. The van der Waals surface area contributed by atoms with Crippen LogP contribution in [0.5, 0.6) is 0 Å². The van der Waals surface area contributed by atoms with Crippen LogP contribution in [0.15, 0.2) is 24.3 Å². The van der Waals surface area contributed by atoms with Gasteiger partial charge in [-0.1, -0.05) is 12.1 Å². The highest BCUT2D eigenvalue weighted by Gasteiger charge is 2.43. The highest BCUT2D eigenvalue weighted by Crippen LogP contribution is 2.38. The molecule has 3 aliphatic heterocycles. The van der Waals surface area contributed by atoms with Crippen LogP contribution in [-0.2, 0) is 14.9 Å². The van der Waals surface area contributed by atoms with E-state index in [0.29, 0.717) is 19.8 Å². The van der Waals surface area contributed by atoms with Gasteiger partial charge in [0.2, 0.25) is 5.91 Å². The molecule has 1 aromatic rings. The minimum absolute atomic E-state index is 0.0766. The average Bonchev–Trinajstić information content (AvgIpc) is 3.11. The minimum atomic E-state index is -0.249. The summed E-state index contributed by atoms with van der Waals surface area (Å²) in [7, 11) is 0. The van der Waals surface area contributed by atoms with E-state index in [9.17, 15) is 9.18 Å². The summed E-state index contributed by atoms with van der Waals surface area (Å²) in [4.78, 5) is 12.9. The molecule has 27 heavy (non-hydrogen) atoms. The van der Waals surface area contributed by atoms with Crippen molar-refractivity contribution in [2.45, 2.75) is 43.6 Å². The number of nitrogens with one attached hydrogen (secondary N) is 3. The molecule has 1 amide bonds. The zero-order chi connectivity index (χ0) is 18.7. The average molecular weight is 375 g/mol. The first kappa shape index (κ1) is 18.8. The van der Waals surface area contributed by atoms with E-state index in [1.807, 2.05) is 6.07 Å². The van der Waals surface area contributed by atoms with Crippen LogP contribution in [0, 0.1) is 11.2 Å². The maximum absolute atomic E-state index is 13.8. The van der Waals surface area contributed by atoms with Crippen LogP contribution in [0.4, 0.5) is 4.39 Å². The van der Waals surface area contributed by atoms with Gasteiger partial charge >= 0.3 is 0 Å². The van der Waals surface area contributed by atoms with Gasteiger partial charge in [-0.2, -0.15) is 0 Å². The lowest BCUT2D eigenvalue weighted by molar-refractivity contribution is -0.123. The highest BCUT2D eigenvalue weighted by atomic mass is 19.1. The van der Waals surface area contributed by atoms with Gasteiger partial charge in [-0.05, 0) is 68.3 Å². The highest BCUT2D eigenvalue weighted by molar-refractivity contribution is 5.82. The Labute approximate surface area is 160 Å². The van der Waals surface area contributed by atoms with Gasteiger partial charge in [0.1, 0.15) is 5.82 Å². The summed E-state index contributed by atoms with van der Waals surface area (Å²) < 4.78 is 19.3. The molecule has 0 aromatic heterocycles. The molecule has 0 unspecified atom stereocenters. The minimum Gasteiger partial charge on any atom is -0.381 e. The number of hydrogen-bond donors (Lipinski definition) is 3. The first-order chi connectivity index (χ1) is 13.1. The molecule has 0 saturated carbocycles. The summed E-state index contributed by atoms with van der Waals surface area (Å²) in [6, 6.07) is 6.68. The van der Waals surface area contributed by atoms with Gasteiger partial charge in [0.05, 0.1) is 6.04 Å². The number of ether oxygens (including phenoxy) is 1. The Morgan fingerprint density at radius 2 is 2.00 bits per heavy atom. The zero-order valence-corrected chi connectivity index (χ0v) is 15.9. The van der Waals surface area contributed by atoms with Crippen LogP contribution in [0.25, 0.3) is 0 Å². The fraction of sp³-hybridized carbons (Fsp3) is 0.667. The Morgan fingerprint density at radius 3 is 2.74 bits per heavy atom.